The van der Waals surface area contributed by atoms with E-state index in [0.29, 0.717) is 0 Å². The first kappa shape index (κ1) is 9.65. The lowest BCUT2D eigenvalue weighted by atomic mass is 10.2. The van der Waals surface area contributed by atoms with Gasteiger partial charge in [-0.05, 0) is 30.3 Å². The Balaban J connectivity index is 2.29. The molecule has 0 amide bonds. The van der Waals surface area contributed by atoms with Gasteiger partial charge >= 0.3 is 0 Å². The summed E-state index contributed by atoms with van der Waals surface area (Å²) in [7, 11) is 3.97. The van der Waals surface area contributed by atoms with E-state index in [-0.39, 0.29) is 0 Å². The van der Waals surface area contributed by atoms with Crippen molar-refractivity contribution in [2.24, 2.45) is 0 Å². The second-order valence-corrected chi connectivity index (χ2v) is 3.41. The van der Waals surface area contributed by atoms with Crippen LogP contribution in [0.4, 0.5) is 17.2 Å². The monoisotopic (exact) mass is 201 g/mol. The van der Waals surface area contributed by atoms with Crippen LogP contribution in [0.3, 0.4) is 0 Å². The summed E-state index contributed by atoms with van der Waals surface area (Å²) in [6, 6.07) is 12.3. The average molecular weight is 201 g/mol. The van der Waals surface area contributed by atoms with Crippen molar-refractivity contribution in [1.82, 2.24) is 4.98 Å². The first-order valence-corrected chi connectivity index (χ1v) is 4.96. The number of anilines is 3. The largest absolute Gasteiger partial charge is 0.388 e. The van der Waals surface area contributed by atoms with Crippen LogP contribution in [0.25, 0.3) is 0 Å². The van der Waals surface area contributed by atoms with E-state index in [1.807, 2.05) is 44.6 Å². The second-order valence-electron chi connectivity index (χ2n) is 3.41. The minimum atomic E-state index is 1.09. The lowest BCUT2D eigenvalue weighted by Crippen LogP contribution is -2.09. The summed E-state index contributed by atoms with van der Waals surface area (Å²) in [5.74, 6) is 1.09. The molecule has 0 spiro atoms. The molecule has 78 valence electrons. The van der Waals surface area contributed by atoms with Crippen molar-refractivity contribution in [1.29, 1.82) is 0 Å². The van der Waals surface area contributed by atoms with Crippen molar-refractivity contribution in [3.8, 4) is 0 Å². The van der Waals surface area contributed by atoms with Crippen molar-refractivity contribution in [3.63, 3.8) is 0 Å². The van der Waals surface area contributed by atoms with Crippen LogP contribution in [0.2, 0.25) is 0 Å². The molecule has 0 aliphatic heterocycles. The van der Waals surface area contributed by atoms with E-state index in [1.165, 1.54) is 0 Å². The predicted molar refractivity (Wildman–Crippen MR) is 64.8 cm³/mol. The molecule has 0 aliphatic rings. The molecule has 0 bridgehead atoms. The molecule has 0 atom stereocenters. The molecule has 3 nitrogen and oxygen atoms in total. The van der Waals surface area contributed by atoms with Gasteiger partial charge in [0.25, 0.3) is 0 Å². The molecular weight excluding hydrogens is 186 g/mol. The fourth-order valence-electron chi connectivity index (χ4n) is 1.54. The van der Waals surface area contributed by atoms with Gasteiger partial charge < -0.3 is 15.2 Å². The molecule has 1 aromatic heterocycles. The summed E-state index contributed by atoms with van der Waals surface area (Å²) in [4.78, 5) is 5.29. The van der Waals surface area contributed by atoms with Crippen molar-refractivity contribution in [3.05, 3.63) is 42.6 Å². The molecule has 2 rings (SSSR count). The molecule has 1 heterocycles. The molecule has 0 radical (unpaired) electrons. The standard InChI is InChI=1S/C12H15N3/c1-13-10-5-3-6-11(9-10)15(2)12-7-4-8-14-12/h3-9,13-14H,1-2H3. The number of hydrogen-bond donors (Lipinski definition) is 2. The molecule has 15 heavy (non-hydrogen) atoms. The zero-order valence-electron chi connectivity index (χ0n) is 8.99. The zero-order valence-corrected chi connectivity index (χ0v) is 8.99. The highest BCUT2D eigenvalue weighted by atomic mass is 15.2. The minimum absolute atomic E-state index is 1.09. The summed E-state index contributed by atoms with van der Waals surface area (Å²) < 4.78 is 0. The van der Waals surface area contributed by atoms with Gasteiger partial charge in [0.2, 0.25) is 0 Å². The van der Waals surface area contributed by atoms with E-state index >= 15 is 0 Å². The lowest BCUT2D eigenvalue weighted by Gasteiger charge is -2.18. The van der Waals surface area contributed by atoms with Gasteiger partial charge in [-0.1, -0.05) is 6.07 Å². The Bertz CT molecular complexity index is 420. The fraction of sp³-hybridized carbons (Fsp3) is 0.167. The molecule has 2 N–H and O–H groups in total. The van der Waals surface area contributed by atoms with Crippen LogP contribution in [-0.4, -0.2) is 19.1 Å². The minimum Gasteiger partial charge on any atom is -0.388 e. The van der Waals surface area contributed by atoms with E-state index in [4.69, 9.17) is 0 Å². The molecule has 0 unspecified atom stereocenters. The molecular formula is C12H15N3. The normalized spacial score (nSPS) is 10.0. The third-order valence-electron chi connectivity index (χ3n) is 2.47. The molecule has 0 fully saturated rings. The van der Waals surface area contributed by atoms with Crippen LogP contribution in [0.5, 0.6) is 0 Å². The highest BCUT2D eigenvalue weighted by Gasteiger charge is 2.03. The van der Waals surface area contributed by atoms with E-state index in [0.717, 1.165) is 17.2 Å². The Morgan fingerprint density at radius 3 is 2.73 bits per heavy atom. The number of nitrogens with zero attached hydrogens (tertiary/aromatic N) is 1. The van der Waals surface area contributed by atoms with Crippen LogP contribution >= 0.6 is 0 Å². The van der Waals surface area contributed by atoms with Gasteiger partial charge in [-0.25, -0.2) is 0 Å². The maximum absolute atomic E-state index is 3.18. The number of nitrogens with one attached hydrogen (secondary N) is 2. The molecule has 0 saturated carbocycles. The van der Waals surface area contributed by atoms with Gasteiger partial charge in [0.15, 0.2) is 0 Å². The van der Waals surface area contributed by atoms with E-state index < -0.39 is 0 Å². The van der Waals surface area contributed by atoms with Crippen molar-refractivity contribution < 1.29 is 0 Å². The van der Waals surface area contributed by atoms with Crippen LogP contribution < -0.4 is 10.2 Å². The van der Waals surface area contributed by atoms with Crippen molar-refractivity contribution in [2.75, 3.05) is 24.3 Å². The first-order chi connectivity index (χ1) is 7.31. The van der Waals surface area contributed by atoms with Gasteiger partial charge in [0, 0.05) is 31.7 Å². The van der Waals surface area contributed by atoms with Gasteiger partial charge in [-0.2, -0.15) is 0 Å². The van der Waals surface area contributed by atoms with E-state index in [2.05, 4.69) is 27.3 Å². The van der Waals surface area contributed by atoms with Gasteiger partial charge in [-0.3, -0.25) is 0 Å². The van der Waals surface area contributed by atoms with Crippen molar-refractivity contribution >= 4 is 17.2 Å². The summed E-state index contributed by atoms with van der Waals surface area (Å²) >= 11 is 0. The third kappa shape index (κ3) is 1.96. The van der Waals surface area contributed by atoms with Gasteiger partial charge in [-0.15, -0.1) is 0 Å². The lowest BCUT2D eigenvalue weighted by molar-refractivity contribution is 1.15. The molecule has 1 aromatic carbocycles. The maximum Gasteiger partial charge on any atom is 0.110 e. The summed E-state index contributed by atoms with van der Waals surface area (Å²) in [5, 5.41) is 3.13. The van der Waals surface area contributed by atoms with E-state index in [9.17, 15) is 0 Å². The number of benzene rings is 1. The smallest absolute Gasteiger partial charge is 0.110 e. The Morgan fingerprint density at radius 1 is 1.20 bits per heavy atom. The van der Waals surface area contributed by atoms with E-state index in [1.54, 1.807) is 0 Å². The maximum atomic E-state index is 3.18. The average Bonchev–Trinajstić information content (AvgIpc) is 2.81. The number of H-pyrrole nitrogens is 1. The number of hydrogen-bond acceptors (Lipinski definition) is 2. The third-order valence-corrected chi connectivity index (χ3v) is 2.47. The number of aromatic amines is 1. The van der Waals surface area contributed by atoms with Crippen LogP contribution in [0, 0.1) is 0 Å². The van der Waals surface area contributed by atoms with Crippen LogP contribution in [0.15, 0.2) is 42.6 Å². The fourth-order valence-corrected chi connectivity index (χ4v) is 1.54. The highest BCUT2D eigenvalue weighted by molar-refractivity contribution is 5.64. The summed E-state index contributed by atoms with van der Waals surface area (Å²) in [6.45, 7) is 0. The Kier molecular flexibility index (Phi) is 2.63. The highest BCUT2D eigenvalue weighted by Crippen LogP contribution is 2.23. The molecule has 2 aromatic rings. The zero-order chi connectivity index (χ0) is 10.7. The molecule has 0 aliphatic carbocycles. The topological polar surface area (TPSA) is 31.1 Å². The van der Waals surface area contributed by atoms with Gasteiger partial charge in [0.1, 0.15) is 5.82 Å². The summed E-state index contributed by atoms with van der Waals surface area (Å²) in [6.07, 6.45) is 1.92. The summed E-state index contributed by atoms with van der Waals surface area (Å²) in [5.41, 5.74) is 2.27. The first-order valence-electron chi connectivity index (χ1n) is 4.96. The van der Waals surface area contributed by atoms with Crippen molar-refractivity contribution in [2.45, 2.75) is 0 Å². The Hall–Kier alpha value is -1.90. The predicted octanol–water partition coefficient (Wildman–Crippen LogP) is 2.82. The van der Waals surface area contributed by atoms with Gasteiger partial charge in [0.05, 0.1) is 0 Å². The SMILES string of the molecule is CNc1cccc(N(C)c2ccc[nH]2)c1. The van der Waals surface area contributed by atoms with Crippen LogP contribution in [-0.2, 0) is 0 Å². The quantitative estimate of drug-likeness (QED) is 0.800. The van der Waals surface area contributed by atoms with Crippen LogP contribution in [0.1, 0.15) is 0 Å². The Morgan fingerprint density at radius 2 is 2.07 bits per heavy atom. The molecule has 0 saturated heterocycles. The number of rotatable bonds is 3. The Labute approximate surface area is 89.7 Å². The molecule has 3 heteroatoms. The second kappa shape index (κ2) is 4.09. The number of aromatic nitrogens is 1.